The van der Waals surface area contributed by atoms with Gasteiger partial charge in [0.05, 0.1) is 24.3 Å². The van der Waals surface area contributed by atoms with Crippen molar-refractivity contribution in [1.29, 1.82) is 0 Å². The number of aryl methyl sites for hydroxylation is 2. The maximum atomic E-state index is 13.8. The van der Waals surface area contributed by atoms with Crippen LogP contribution in [0.3, 0.4) is 0 Å². The molecule has 0 aliphatic heterocycles. The van der Waals surface area contributed by atoms with Crippen molar-refractivity contribution in [1.82, 2.24) is 4.90 Å². The normalized spacial score (nSPS) is 26.3. The number of methoxy groups -OCH3 is 1. The summed E-state index contributed by atoms with van der Waals surface area (Å²) in [7, 11) is 5.03. The van der Waals surface area contributed by atoms with E-state index in [9.17, 15) is 30.0 Å². The molecule has 1 amide bonds. The molecule has 9 heteroatoms. The number of benzene rings is 2. The van der Waals surface area contributed by atoms with Crippen molar-refractivity contribution in [3.8, 4) is 11.5 Å². The summed E-state index contributed by atoms with van der Waals surface area (Å²) in [6, 6.07) is 10.3. The van der Waals surface area contributed by atoms with Gasteiger partial charge in [0, 0.05) is 17.9 Å². The van der Waals surface area contributed by atoms with Gasteiger partial charge in [-0.2, -0.15) is 0 Å². The van der Waals surface area contributed by atoms with E-state index >= 15 is 0 Å². The lowest BCUT2D eigenvalue weighted by atomic mass is 9.59. The summed E-state index contributed by atoms with van der Waals surface area (Å²) >= 11 is 0. The number of phenols is 1. The molecule has 3 aliphatic rings. The van der Waals surface area contributed by atoms with Crippen molar-refractivity contribution in [2.24, 2.45) is 17.6 Å². The monoisotopic (exact) mass is 534 g/mol. The number of ether oxygens (including phenoxy) is 1. The highest BCUT2D eigenvalue weighted by Crippen LogP contribution is 2.53. The van der Waals surface area contributed by atoms with Crippen LogP contribution < -0.4 is 10.5 Å². The summed E-state index contributed by atoms with van der Waals surface area (Å²) in [5, 5.41) is 44.9. The van der Waals surface area contributed by atoms with Gasteiger partial charge in [-0.15, -0.1) is 0 Å². The van der Waals surface area contributed by atoms with Crippen LogP contribution in [0.25, 0.3) is 0 Å². The van der Waals surface area contributed by atoms with E-state index in [0.29, 0.717) is 19.3 Å². The molecule has 0 saturated carbocycles. The lowest BCUT2D eigenvalue weighted by molar-refractivity contribution is -0.118. The molecule has 0 saturated heterocycles. The third-order valence-corrected chi connectivity index (χ3v) is 8.65. The van der Waals surface area contributed by atoms with E-state index in [-0.39, 0.29) is 34.6 Å². The van der Waals surface area contributed by atoms with Gasteiger partial charge in [-0.25, -0.2) is 0 Å². The number of hydrogen-bond donors (Lipinski definition) is 5. The van der Waals surface area contributed by atoms with Crippen molar-refractivity contribution in [2.75, 3.05) is 21.2 Å². The summed E-state index contributed by atoms with van der Waals surface area (Å²) in [5.74, 6) is -2.72. The number of nitrogens with two attached hydrogens (primary N) is 1. The molecule has 0 fully saturated rings. The highest BCUT2D eigenvalue weighted by molar-refractivity contribution is 6.13. The number of ketones is 1. The van der Waals surface area contributed by atoms with E-state index < -0.39 is 47.3 Å². The molecule has 0 spiro atoms. The van der Waals surface area contributed by atoms with Gasteiger partial charge in [0.15, 0.2) is 5.78 Å². The minimum absolute atomic E-state index is 0.0478. The summed E-state index contributed by atoms with van der Waals surface area (Å²) in [6.07, 6.45) is 1.62. The van der Waals surface area contributed by atoms with Gasteiger partial charge in [-0.05, 0) is 80.6 Å². The van der Waals surface area contributed by atoms with Gasteiger partial charge in [-0.3, -0.25) is 14.5 Å². The Morgan fingerprint density at radius 3 is 2.41 bits per heavy atom. The summed E-state index contributed by atoms with van der Waals surface area (Å²) in [6.45, 7) is 0. The number of likely N-dealkylation sites (N-methyl/N-ethyl adjacent to an activating group) is 1. The van der Waals surface area contributed by atoms with E-state index in [2.05, 4.69) is 0 Å². The van der Waals surface area contributed by atoms with Crippen LogP contribution in [-0.4, -0.2) is 69.9 Å². The molecule has 0 aromatic heterocycles. The first kappa shape index (κ1) is 26.8. The average Bonchev–Trinajstić information content (AvgIpc) is 2.89. The van der Waals surface area contributed by atoms with E-state index in [1.165, 1.54) is 6.07 Å². The smallest absolute Gasteiger partial charge is 0.248 e. The number of allylic oxidation sites excluding steroid dienone is 1. The number of fused-ring (bicyclic) bond motifs is 3. The molecule has 9 nitrogen and oxygen atoms in total. The van der Waals surface area contributed by atoms with E-state index in [1.807, 2.05) is 30.3 Å². The minimum atomic E-state index is -1.97. The number of nitrogens with zero attached hydrogens (tertiary/aromatic N) is 1. The Morgan fingerprint density at radius 1 is 1.10 bits per heavy atom. The number of amides is 1. The zero-order valence-electron chi connectivity index (χ0n) is 22.3. The number of hydrogen-bond acceptors (Lipinski definition) is 8. The van der Waals surface area contributed by atoms with E-state index in [4.69, 9.17) is 10.5 Å². The van der Waals surface area contributed by atoms with Crippen LogP contribution >= 0.6 is 0 Å². The predicted octanol–water partition coefficient (Wildman–Crippen LogP) is 2.74. The molecule has 2 aromatic rings. The maximum absolute atomic E-state index is 13.8. The molecule has 206 valence electrons. The van der Waals surface area contributed by atoms with Crippen molar-refractivity contribution < 1.29 is 34.8 Å². The van der Waals surface area contributed by atoms with E-state index in [1.54, 1.807) is 26.1 Å². The second kappa shape index (κ2) is 9.73. The van der Waals surface area contributed by atoms with Crippen LogP contribution in [0.5, 0.6) is 11.5 Å². The van der Waals surface area contributed by atoms with Gasteiger partial charge < -0.3 is 30.9 Å². The molecule has 2 aromatic carbocycles. The van der Waals surface area contributed by atoms with Crippen LogP contribution in [0, 0.1) is 11.8 Å². The van der Waals surface area contributed by atoms with Crippen LogP contribution in [0.15, 0.2) is 59.1 Å². The first-order valence-corrected chi connectivity index (χ1v) is 13.0. The Bertz CT molecular complexity index is 1410. The SMILES string of the molecule is COc1ccc(CCc2ccc(O)c3c2CC2CC4C(N(C)C)C(O)=C(C(N)=O)CC4(O)C(O)=C2C3=O)cc1. The minimum Gasteiger partial charge on any atom is -0.510 e. The van der Waals surface area contributed by atoms with Crippen LogP contribution in [0.1, 0.15) is 39.9 Å². The molecule has 0 radical (unpaired) electrons. The summed E-state index contributed by atoms with van der Waals surface area (Å²) in [4.78, 5) is 27.6. The van der Waals surface area contributed by atoms with Crippen LogP contribution in [0.4, 0.5) is 0 Å². The quantitative estimate of drug-likeness (QED) is 0.379. The fraction of sp³-hybridized carbons (Fsp3) is 0.400. The molecule has 5 rings (SSSR count). The third kappa shape index (κ3) is 4.26. The summed E-state index contributed by atoms with van der Waals surface area (Å²) in [5.41, 5.74) is 6.30. The Labute approximate surface area is 226 Å². The Balaban J connectivity index is 1.54. The molecule has 4 unspecified atom stereocenters. The van der Waals surface area contributed by atoms with Crippen LogP contribution in [0.2, 0.25) is 0 Å². The predicted molar refractivity (Wildman–Crippen MR) is 144 cm³/mol. The number of aromatic hydroxyl groups is 1. The number of aliphatic hydroxyl groups is 3. The van der Waals surface area contributed by atoms with Crippen molar-refractivity contribution >= 4 is 11.7 Å². The van der Waals surface area contributed by atoms with E-state index in [0.717, 1.165) is 22.4 Å². The first-order chi connectivity index (χ1) is 18.5. The van der Waals surface area contributed by atoms with Gasteiger partial charge >= 0.3 is 0 Å². The Hall–Kier alpha value is -3.82. The number of carbonyl (C=O) groups excluding carboxylic acids is 2. The number of Topliss-reactive ketones (excluding diaryl/α,β-unsaturated/α-hetero) is 1. The van der Waals surface area contributed by atoms with Crippen molar-refractivity contribution in [3.63, 3.8) is 0 Å². The lowest BCUT2D eigenvalue weighted by Gasteiger charge is -2.51. The second-order valence-electron chi connectivity index (χ2n) is 11.0. The van der Waals surface area contributed by atoms with Crippen molar-refractivity contribution in [3.05, 3.63) is 81.3 Å². The maximum Gasteiger partial charge on any atom is 0.248 e. The number of rotatable bonds is 6. The van der Waals surface area contributed by atoms with Gasteiger partial charge in [0.25, 0.3) is 0 Å². The molecule has 0 heterocycles. The first-order valence-electron chi connectivity index (χ1n) is 13.0. The van der Waals surface area contributed by atoms with Crippen molar-refractivity contribution in [2.45, 2.75) is 43.7 Å². The molecular formula is C30H34N2O7. The third-order valence-electron chi connectivity index (χ3n) is 8.65. The molecule has 6 N–H and O–H groups in total. The standard InChI is InChI=1S/C30H34N2O7/c1-32(2)25-21-13-17-12-19-16(7-4-15-5-9-18(39-3)10-6-15)8-11-22(33)24(19)27(35)23(17)28(36)30(21,38)14-20(26(25)34)29(31)37/h5-6,8-11,17,21,25,33-34,36,38H,4,7,12-14H2,1-3H3,(H2,31,37). The molecule has 3 aliphatic carbocycles. The number of carbonyl (C=O) groups is 2. The lowest BCUT2D eigenvalue weighted by Crippen LogP contribution is -2.59. The molecule has 4 atom stereocenters. The topological polar surface area (TPSA) is 154 Å². The molecule has 0 bridgehead atoms. The fourth-order valence-corrected chi connectivity index (χ4v) is 6.70. The number of primary amides is 1. The van der Waals surface area contributed by atoms with Gasteiger partial charge in [-0.1, -0.05) is 18.2 Å². The Morgan fingerprint density at radius 2 is 1.79 bits per heavy atom. The van der Waals surface area contributed by atoms with Crippen LogP contribution in [-0.2, 0) is 24.1 Å². The zero-order valence-corrected chi connectivity index (χ0v) is 22.3. The average molecular weight is 535 g/mol. The number of phenolic OH excluding ortho intramolecular Hbond substituents is 1. The van der Waals surface area contributed by atoms with Gasteiger partial charge in [0.1, 0.15) is 28.6 Å². The molecular weight excluding hydrogens is 500 g/mol. The highest BCUT2D eigenvalue weighted by atomic mass is 16.5. The molecule has 39 heavy (non-hydrogen) atoms. The number of aliphatic hydroxyl groups excluding tert-OH is 2. The zero-order chi connectivity index (χ0) is 28.2. The Kier molecular flexibility index (Phi) is 6.68. The second-order valence-corrected chi connectivity index (χ2v) is 11.0. The fourth-order valence-electron chi connectivity index (χ4n) is 6.70. The summed E-state index contributed by atoms with van der Waals surface area (Å²) < 4.78 is 5.23. The largest absolute Gasteiger partial charge is 0.510 e. The van der Waals surface area contributed by atoms with Gasteiger partial charge in [0.2, 0.25) is 5.91 Å². The highest BCUT2D eigenvalue weighted by Gasteiger charge is 2.58.